The number of benzene rings is 1. The van der Waals surface area contributed by atoms with E-state index >= 15 is 0 Å². The number of hydrogen-bond acceptors (Lipinski definition) is 3. The second-order valence-electron chi connectivity index (χ2n) is 3.32. The van der Waals surface area contributed by atoms with Gasteiger partial charge >= 0.3 is 5.76 Å². The van der Waals surface area contributed by atoms with E-state index in [0.717, 1.165) is 11.8 Å². The van der Waals surface area contributed by atoms with E-state index in [9.17, 15) is 9.90 Å². The minimum absolute atomic E-state index is 0.156. The van der Waals surface area contributed by atoms with Crippen LogP contribution in [0.25, 0.3) is 0 Å². The lowest BCUT2D eigenvalue weighted by atomic mass is 10.1. The summed E-state index contributed by atoms with van der Waals surface area (Å²) in [6, 6.07) is 9.21. The van der Waals surface area contributed by atoms with Gasteiger partial charge in [-0.25, -0.2) is 9.36 Å². The van der Waals surface area contributed by atoms with Gasteiger partial charge in [-0.2, -0.15) is 0 Å². The van der Waals surface area contributed by atoms with Gasteiger partial charge in [0.15, 0.2) is 6.26 Å². The lowest BCUT2D eigenvalue weighted by Crippen LogP contribution is -2.18. The van der Waals surface area contributed by atoms with E-state index in [1.54, 1.807) is 0 Å². The molecule has 0 saturated heterocycles. The molecular formula is C11H11NO3. The fraction of sp³-hybridized carbons (Fsp3) is 0.182. The Balaban J connectivity index is 2.45. The fourth-order valence-electron chi connectivity index (χ4n) is 1.55. The van der Waals surface area contributed by atoms with E-state index < -0.39 is 5.76 Å². The molecule has 0 bridgehead atoms. The smallest absolute Gasteiger partial charge is 0.422 e. The van der Waals surface area contributed by atoms with Gasteiger partial charge < -0.3 is 9.52 Å². The van der Waals surface area contributed by atoms with Gasteiger partial charge in [0.05, 0.1) is 6.04 Å². The van der Waals surface area contributed by atoms with Crippen LogP contribution in [0.5, 0.6) is 5.88 Å². The molecule has 0 spiro atoms. The zero-order chi connectivity index (χ0) is 10.8. The first-order valence-corrected chi connectivity index (χ1v) is 4.64. The number of aromatic nitrogens is 1. The van der Waals surface area contributed by atoms with Crippen molar-refractivity contribution >= 4 is 0 Å². The molecule has 0 fully saturated rings. The second kappa shape index (κ2) is 3.65. The summed E-state index contributed by atoms with van der Waals surface area (Å²) in [7, 11) is 0. The molecule has 0 aliphatic heterocycles. The molecule has 2 aromatic rings. The molecule has 1 unspecified atom stereocenters. The van der Waals surface area contributed by atoms with E-state index in [0.29, 0.717) is 0 Å². The van der Waals surface area contributed by atoms with Gasteiger partial charge in [-0.3, -0.25) is 0 Å². The standard InChI is InChI=1S/C11H11NO3/c1-8(9-5-3-2-4-6-9)12-10(13)7-15-11(12)14/h2-8,13H,1H3. The largest absolute Gasteiger partial charge is 0.492 e. The highest BCUT2D eigenvalue weighted by molar-refractivity contribution is 5.20. The number of oxazole rings is 1. The minimum atomic E-state index is -0.552. The van der Waals surface area contributed by atoms with Gasteiger partial charge in [0.25, 0.3) is 0 Å². The van der Waals surface area contributed by atoms with Crippen molar-refractivity contribution in [2.45, 2.75) is 13.0 Å². The predicted octanol–water partition coefficient (Wildman–Crippen LogP) is 1.76. The van der Waals surface area contributed by atoms with Crippen molar-refractivity contribution in [1.82, 2.24) is 4.57 Å². The molecule has 78 valence electrons. The third-order valence-corrected chi connectivity index (χ3v) is 2.38. The Hall–Kier alpha value is -1.97. The quantitative estimate of drug-likeness (QED) is 0.812. The molecule has 0 aliphatic rings. The van der Waals surface area contributed by atoms with Crippen LogP contribution in [0.4, 0.5) is 0 Å². The summed E-state index contributed by atoms with van der Waals surface area (Å²) in [6.07, 6.45) is 1.04. The predicted molar refractivity (Wildman–Crippen MR) is 54.9 cm³/mol. The van der Waals surface area contributed by atoms with Crippen molar-refractivity contribution < 1.29 is 9.52 Å². The maximum atomic E-state index is 11.3. The Morgan fingerprint density at radius 1 is 1.33 bits per heavy atom. The lowest BCUT2D eigenvalue weighted by Gasteiger charge is -2.12. The van der Waals surface area contributed by atoms with Crippen molar-refractivity contribution in [1.29, 1.82) is 0 Å². The molecule has 1 N–H and O–H groups in total. The number of nitrogens with zero attached hydrogens (tertiary/aromatic N) is 1. The summed E-state index contributed by atoms with van der Waals surface area (Å²) in [6.45, 7) is 1.83. The Kier molecular flexibility index (Phi) is 2.33. The van der Waals surface area contributed by atoms with E-state index in [1.165, 1.54) is 4.57 Å². The third kappa shape index (κ3) is 1.66. The first kappa shape index (κ1) is 9.58. The molecule has 0 radical (unpaired) electrons. The highest BCUT2D eigenvalue weighted by Gasteiger charge is 2.15. The normalized spacial score (nSPS) is 12.6. The molecule has 0 aliphatic carbocycles. The summed E-state index contributed by atoms with van der Waals surface area (Å²) >= 11 is 0. The second-order valence-corrected chi connectivity index (χ2v) is 3.32. The molecular weight excluding hydrogens is 194 g/mol. The van der Waals surface area contributed by atoms with Crippen LogP contribution in [0.2, 0.25) is 0 Å². The average Bonchev–Trinajstić information content (AvgIpc) is 2.59. The van der Waals surface area contributed by atoms with Crippen LogP contribution in [-0.4, -0.2) is 9.67 Å². The molecule has 0 saturated carbocycles. The van der Waals surface area contributed by atoms with Crippen LogP contribution in [0.3, 0.4) is 0 Å². The maximum Gasteiger partial charge on any atom is 0.422 e. The van der Waals surface area contributed by atoms with Gasteiger partial charge in [-0.05, 0) is 12.5 Å². The van der Waals surface area contributed by atoms with Crippen LogP contribution in [0.15, 0.2) is 45.8 Å². The minimum Gasteiger partial charge on any atom is -0.492 e. The molecule has 1 aromatic heterocycles. The molecule has 1 aromatic carbocycles. The van der Waals surface area contributed by atoms with Gasteiger partial charge in [0, 0.05) is 0 Å². The summed E-state index contributed by atoms with van der Waals surface area (Å²) in [4.78, 5) is 11.3. The van der Waals surface area contributed by atoms with Crippen LogP contribution in [0, 0.1) is 0 Å². The van der Waals surface area contributed by atoms with E-state index in [2.05, 4.69) is 4.42 Å². The van der Waals surface area contributed by atoms with Crippen LogP contribution in [-0.2, 0) is 0 Å². The number of hydrogen-bond donors (Lipinski definition) is 1. The monoisotopic (exact) mass is 205 g/mol. The topological polar surface area (TPSA) is 55.4 Å². The van der Waals surface area contributed by atoms with Crippen molar-refractivity contribution in [2.75, 3.05) is 0 Å². The van der Waals surface area contributed by atoms with Crippen LogP contribution >= 0.6 is 0 Å². The highest BCUT2D eigenvalue weighted by Crippen LogP contribution is 2.20. The average molecular weight is 205 g/mol. The van der Waals surface area contributed by atoms with E-state index in [4.69, 9.17) is 0 Å². The summed E-state index contributed by atoms with van der Waals surface area (Å²) < 4.78 is 5.80. The summed E-state index contributed by atoms with van der Waals surface area (Å²) in [5.41, 5.74) is 0.941. The molecule has 2 rings (SSSR count). The van der Waals surface area contributed by atoms with Crippen molar-refractivity contribution in [3.05, 3.63) is 52.7 Å². The van der Waals surface area contributed by atoms with Gasteiger partial charge in [-0.1, -0.05) is 30.3 Å². The van der Waals surface area contributed by atoms with E-state index in [-0.39, 0.29) is 11.9 Å². The number of rotatable bonds is 2. The van der Waals surface area contributed by atoms with Gasteiger partial charge in [-0.15, -0.1) is 0 Å². The SMILES string of the molecule is CC(c1ccccc1)n1c(O)coc1=O. The zero-order valence-electron chi connectivity index (χ0n) is 8.25. The van der Waals surface area contributed by atoms with Crippen LogP contribution in [0.1, 0.15) is 18.5 Å². The fourth-order valence-corrected chi connectivity index (χ4v) is 1.55. The zero-order valence-corrected chi connectivity index (χ0v) is 8.25. The maximum absolute atomic E-state index is 11.3. The molecule has 4 heteroatoms. The third-order valence-electron chi connectivity index (χ3n) is 2.38. The van der Waals surface area contributed by atoms with Gasteiger partial charge in [0.1, 0.15) is 0 Å². The molecule has 1 heterocycles. The lowest BCUT2D eigenvalue weighted by molar-refractivity contribution is 0.401. The molecule has 4 nitrogen and oxygen atoms in total. The first-order valence-electron chi connectivity index (χ1n) is 4.64. The van der Waals surface area contributed by atoms with Crippen molar-refractivity contribution in [2.24, 2.45) is 0 Å². The first-order chi connectivity index (χ1) is 7.20. The summed E-state index contributed by atoms with van der Waals surface area (Å²) in [5.74, 6) is -0.708. The molecule has 0 amide bonds. The molecule has 1 atom stereocenters. The number of aromatic hydroxyl groups is 1. The molecule has 15 heavy (non-hydrogen) atoms. The Labute approximate surface area is 86.4 Å². The van der Waals surface area contributed by atoms with Crippen LogP contribution < -0.4 is 5.76 Å². The Morgan fingerprint density at radius 3 is 2.53 bits per heavy atom. The van der Waals surface area contributed by atoms with Crippen molar-refractivity contribution in [3.8, 4) is 5.88 Å². The summed E-state index contributed by atoms with van der Waals surface area (Å²) in [5, 5.41) is 9.43. The van der Waals surface area contributed by atoms with Crippen molar-refractivity contribution in [3.63, 3.8) is 0 Å². The Morgan fingerprint density at radius 2 is 2.00 bits per heavy atom. The highest BCUT2D eigenvalue weighted by atomic mass is 16.4. The van der Waals surface area contributed by atoms with Gasteiger partial charge in [0.2, 0.25) is 5.88 Å². The Bertz CT molecular complexity index is 498. The van der Waals surface area contributed by atoms with E-state index in [1.807, 2.05) is 37.3 Å².